The molecule has 0 spiro atoms. The van der Waals surface area contributed by atoms with Gasteiger partial charge in [-0.05, 0) is 48.0 Å². The number of rotatable bonds is 2. The van der Waals surface area contributed by atoms with Crippen LogP contribution in [-0.2, 0) is 0 Å². The van der Waals surface area contributed by atoms with E-state index in [-0.39, 0.29) is 24.1 Å². The normalized spacial score (nSPS) is 34.5. The number of fused-ring (bicyclic) bond motifs is 2. The molecule has 0 amide bonds. The predicted octanol–water partition coefficient (Wildman–Crippen LogP) is 2.56. The summed E-state index contributed by atoms with van der Waals surface area (Å²) in [5.74, 6) is 0.248. The molecule has 0 saturated carbocycles. The monoisotopic (exact) mass is 329 g/mol. The van der Waals surface area contributed by atoms with Gasteiger partial charge < -0.3 is 9.84 Å². The summed E-state index contributed by atoms with van der Waals surface area (Å²) < 4.78 is 19.9. The lowest BCUT2D eigenvalue weighted by Gasteiger charge is -2.36. The molecular weight excluding hydrogens is 313 g/mol. The fraction of sp³-hybridized carbons (Fsp3) is 0.571. The van der Waals surface area contributed by atoms with E-state index >= 15 is 0 Å². The van der Waals surface area contributed by atoms with E-state index in [0.717, 1.165) is 23.7 Å². The predicted molar refractivity (Wildman–Crippen MR) is 73.7 cm³/mol. The van der Waals surface area contributed by atoms with E-state index in [4.69, 9.17) is 4.74 Å². The van der Waals surface area contributed by atoms with Crippen LogP contribution >= 0.6 is 15.9 Å². The van der Waals surface area contributed by atoms with Crippen molar-refractivity contribution in [2.75, 3.05) is 7.05 Å². The van der Waals surface area contributed by atoms with E-state index in [1.54, 1.807) is 6.07 Å². The number of piperidine rings is 1. The second kappa shape index (κ2) is 5.04. The Bertz CT molecular complexity index is 485. The van der Waals surface area contributed by atoms with Crippen molar-refractivity contribution in [2.24, 2.45) is 0 Å². The molecule has 0 aliphatic carbocycles. The second-order valence-corrected chi connectivity index (χ2v) is 6.33. The van der Waals surface area contributed by atoms with Gasteiger partial charge in [0.25, 0.3) is 0 Å². The largest absolute Gasteiger partial charge is 0.489 e. The van der Waals surface area contributed by atoms with Crippen molar-refractivity contribution in [1.29, 1.82) is 0 Å². The fourth-order valence-electron chi connectivity index (χ4n) is 3.24. The van der Waals surface area contributed by atoms with E-state index in [0.29, 0.717) is 11.8 Å². The topological polar surface area (TPSA) is 32.7 Å². The van der Waals surface area contributed by atoms with Crippen molar-refractivity contribution in [1.82, 2.24) is 4.90 Å². The molecule has 0 radical (unpaired) electrons. The minimum Gasteiger partial charge on any atom is -0.489 e. The molecule has 2 bridgehead atoms. The van der Waals surface area contributed by atoms with Crippen molar-refractivity contribution < 1.29 is 14.2 Å². The third kappa shape index (κ3) is 2.51. The molecule has 19 heavy (non-hydrogen) atoms. The van der Waals surface area contributed by atoms with Crippen LogP contribution in [0.15, 0.2) is 22.7 Å². The Morgan fingerprint density at radius 2 is 2.16 bits per heavy atom. The van der Waals surface area contributed by atoms with E-state index in [1.807, 2.05) is 0 Å². The van der Waals surface area contributed by atoms with Crippen LogP contribution in [0.4, 0.5) is 4.39 Å². The maximum atomic E-state index is 13.2. The van der Waals surface area contributed by atoms with Crippen LogP contribution in [0.3, 0.4) is 0 Å². The lowest BCUT2D eigenvalue weighted by Crippen LogP contribution is -2.45. The molecule has 5 heteroatoms. The summed E-state index contributed by atoms with van der Waals surface area (Å²) in [4.78, 5) is 2.24. The van der Waals surface area contributed by atoms with Gasteiger partial charge in [0, 0.05) is 24.6 Å². The van der Waals surface area contributed by atoms with Gasteiger partial charge in [-0.2, -0.15) is 0 Å². The van der Waals surface area contributed by atoms with Gasteiger partial charge in [0.1, 0.15) is 17.7 Å². The Balaban J connectivity index is 1.73. The molecular formula is C14H17BrFNO2. The van der Waals surface area contributed by atoms with Crippen molar-refractivity contribution in [2.45, 2.75) is 43.6 Å². The van der Waals surface area contributed by atoms with Crippen LogP contribution in [0, 0.1) is 5.82 Å². The maximum Gasteiger partial charge on any atom is 0.136 e. The Hall–Kier alpha value is -0.650. The first-order chi connectivity index (χ1) is 9.04. The number of hydrogen-bond acceptors (Lipinski definition) is 3. The molecule has 3 rings (SSSR count). The summed E-state index contributed by atoms with van der Waals surface area (Å²) in [6.07, 6.45) is 2.26. The molecule has 4 unspecified atom stereocenters. The molecule has 2 heterocycles. The van der Waals surface area contributed by atoms with Crippen LogP contribution in [0.2, 0.25) is 0 Å². The zero-order chi connectivity index (χ0) is 13.6. The minimum absolute atomic E-state index is 0.0430. The van der Waals surface area contributed by atoms with Crippen LogP contribution < -0.4 is 4.74 Å². The average molecular weight is 330 g/mol. The zero-order valence-corrected chi connectivity index (χ0v) is 12.3. The molecule has 4 atom stereocenters. The van der Waals surface area contributed by atoms with Gasteiger partial charge in [-0.3, -0.25) is 4.90 Å². The van der Waals surface area contributed by atoms with Gasteiger partial charge in [0.15, 0.2) is 0 Å². The first kappa shape index (κ1) is 13.3. The van der Waals surface area contributed by atoms with E-state index in [2.05, 4.69) is 27.9 Å². The van der Waals surface area contributed by atoms with Gasteiger partial charge in [0.2, 0.25) is 0 Å². The number of halogens is 2. The Labute approximate surface area is 120 Å². The number of nitrogens with zero attached hydrogens (tertiary/aromatic N) is 1. The molecule has 1 aromatic carbocycles. The quantitative estimate of drug-likeness (QED) is 0.905. The summed E-state index contributed by atoms with van der Waals surface area (Å²) >= 11 is 3.38. The number of benzene rings is 1. The van der Waals surface area contributed by atoms with E-state index in [1.165, 1.54) is 12.1 Å². The minimum atomic E-state index is -0.297. The van der Waals surface area contributed by atoms with E-state index < -0.39 is 0 Å². The van der Waals surface area contributed by atoms with Crippen LogP contribution in [0.25, 0.3) is 0 Å². The van der Waals surface area contributed by atoms with E-state index in [9.17, 15) is 9.50 Å². The zero-order valence-electron chi connectivity index (χ0n) is 10.7. The Morgan fingerprint density at radius 1 is 1.37 bits per heavy atom. The summed E-state index contributed by atoms with van der Waals surface area (Å²) in [7, 11) is 2.06. The molecule has 2 aliphatic rings. The number of hydrogen-bond donors (Lipinski definition) is 1. The first-order valence-electron chi connectivity index (χ1n) is 6.56. The molecule has 104 valence electrons. The van der Waals surface area contributed by atoms with Gasteiger partial charge in [-0.15, -0.1) is 0 Å². The lowest BCUT2D eigenvalue weighted by molar-refractivity contribution is 0.0399. The van der Waals surface area contributed by atoms with Crippen molar-refractivity contribution in [3.05, 3.63) is 28.5 Å². The molecule has 1 N–H and O–H groups in total. The average Bonchev–Trinajstić information content (AvgIpc) is 2.54. The SMILES string of the molecule is CN1C2CC(Oc3cc(F)ccc3Br)CC1C(O)C2. The van der Waals surface area contributed by atoms with Gasteiger partial charge in [0.05, 0.1) is 10.6 Å². The summed E-state index contributed by atoms with van der Waals surface area (Å²) in [6, 6.07) is 4.99. The molecule has 2 fully saturated rings. The summed E-state index contributed by atoms with van der Waals surface area (Å²) in [6.45, 7) is 0. The number of aliphatic hydroxyl groups excluding tert-OH is 1. The van der Waals surface area contributed by atoms with Crippen LogP contribution in [0.1, 0.15) is 19.3 Å². The first-order valence-corrected chi connectivity index (χ1v) is 7.35. The third-order valence-corrected chi connectivity index (χ3v) is 4.94. The van der Waals surface area contributed by atoms with Gasteiger partial charge in [-0.1, -0.05) is 0 Å². The highest BCUT2D eigenvalue weighted by molar-refractivity contribution is 9.10. The van der Waals surface area contributed by atoms with Crippen molar-refractivity contribution in [3.8, 4) is 5.75 Å². The highest BCUT2D eigenvalue weighted by Gasteiger charge is 2.44. The van der Waals surface area contributed by atoms with Crippen molar-refractivity contribution >= 4 is 15.9 Å². The standard InChI is InChI=1S/C14H17BrFNO2/c1-17-9-5-10(7-12(17)13(18)6-9)19-14-4-8(16)2-3-11(14)15/h2-4,9-10,12-13,18H,5-7H2,1H3. The molecule has 3 nitrogen and oxygen atoms in total. The smallest absolute Gasteiger partial charge is 0.136 e. The fourth-order valence-corrected chi connectivity index (χ4v) is 3.58. The summed E-state index contributed by atoms with van der Waals surface area (Å²) in [5.41, 5.74) is 0. The number of aliphatic hydroxyl groups is 1. The maximum absolute atomic E-state index is 13.2. The Kier molecular flexibility index (Phi) is 3.53. The highest BCUT2D eigenvalue weighted by atomic mass is 79.9. The lowest BCUT2D eigenvalue weighted by atomic mass is 10.0. The van der Waals surface area contributed by atoms with Gasteiger partial charge in [-0.25, -0.2) is 4.39 Å². The highest BCUT2D eigenvalue weighted by Crippen LogP contribution is 2.37. The summed E-state index contributed by atoms with van der Waals surface area (Å²) in [5, 5.41) is 9.99. The second-order valence-electron chi connectivity index (χ2n) is 5.48. The number of likely N-dealkylation sites (N-methyl/N-ethyl adjacent to an activating group) is 1. The third-order valence-electron chi connectivity index (χ3n) is 4.28. The van der Waals surface area contributed by atoms with Crippen LogP contribution in [0.5, 0.6) is 5.75 Å². The van der Waals surface area contributed by atoms with Crippen LogP contribution in [-0.4, -0.2) is 41.3 Å². The van der Waals surface area contributed by atoms with Crippen molar-refractivity contribution in [3.63, 3.8) is 0 Å². The molecule has 2 saturated heterocycles. The molecule has 0 aromatic heterocycles. The molecule has 1 aromatic rings. The Morgan fingerprint density at radius 3 is 2.89 bits per heavy atom. The number of ether oxygens (including phenoxy) is 1. The van der Waals surface area contributed by atoms with Gasteiger partial charge >= 0.3 is 0 Å². The molecule has 2 aliphatic heterocycles.